The van der Waals surface area contributed by atoms with E-state index in [0.717, 1.165) is 47.9 Å². The minimum atomic E-state index is 0.763. The zero-order chi connectivity index (χ0) is 12.5. The third-order valence-corrected chi connectivity index (χ3v) is 3.59. The molecule has 0 radical (unpaired) electrons. The zero-order valence-electron chi connectivity index (χ0n) is 10.4. The lowest BCUT2D eigenvalue weighted by Gasteiger charge is -2.29. The van der Waals surface area contributed by atoms with Crippen LogP contribution in [-0.4, -0.2) is 31.2 Å². The Morgan fingerprint density at radius 3 is 2.78 bits per heavy atom. The SMILES string of the molecule is Cc1cc2cc(Cl)ccc2nc1N1CCNCC1. The predicted octanol–water partition coefficient (Wildman–Crippen LogP) is 2.61. The van der Waals surface area contributed by atoms with Crippen LogP contribution in [0.25, 0.3) is 10.9 Å². The molecule has 0 bridgehead atoms. The Labute approximate surface area is 112 Å². The second kappa shape index (κ2) is 4.75. The van der Waals surface area contributed by atoms with Gasteiger partial charge in [-0.1, -0.05) is 11.6 Å². The second-order valence-electron chi connectivity index (χ2n) is 4.70. The van der Waals surface area contributed by atoms with Gasteiger partial charge in [0, 0.05) is 36.6 Å². The highest BCUT2D eigenvalue weighted by atomic mass is 35.5. The van der Waals surface area contributed by atoms with E-state index in [0.29, 0.717) is 0 Å². The van der Waals surface area contributed by atoms with E-state index in [9.17, 15) is 0 Å². The van der Waals surface area contributed by atoms with Crippen LogP contribution in [0.3, 0.4) is 0 Å². The van der Waals surface area contributed by atoms with Gasteiger partial charge in [-0.2, -0.15) is 0 Å². The summed E-state index contributed by atoms with van der Waals surface area (Å²) in [6.07, 6.45) is 0. The molecule has 1 saturated heterocycles. The number of nitrogens with zero attached hydrogens (tertiary/aromatic N) is 2. The molecule has 1 aromatic carbocycles. The van der Waals surface area contributed by atoms with E-state index in [1.54, 1.807) is 0 Å². The van der Waals surface area contributed by atoms with Gasteiger partial charge in [-0.25, -0.2) is 4.98 Å². The van der Waals surface area contributed by atoms with Crippen molar-refractivity contribution in [2.24, 2.45) is 0 Å². The highest BCUT2D eigenvalue weighted by molar-refractivity contribution is 6.31. The summed E-state index contributed by atoms with van der Waals surface area (Å²) in [7, 11) is 0. The molecule has 1 aliphatic rings. The van der Waals surface area contributed by atoms with E-state index in [1.807, 2.05) is 18.2 Å². The van der Waals surface area contributed by atoms with Crippen LogP contribution in [0.5, 0.6) is 0 Å². The van der Waals surface area contributed by atoms with Gasteiger partial charge in [-0.05, 0) is 36.8 Å². The van der Waals surface area contributed by atoms with Crippen molar-refractivity contribution in [2.45, 2.75) is 6.92 Å². The lowest BCUT2D eigenvalue weighted by Crippen LogP contribution is -2.44. The van der Waals surface area contributed by atoms with Crippen LogP contribution in [0, 0.1) is 6.92 Å². The number of aryl methyl sites for hydroxylation is 1. The van der Waals surface area contributed by atoms with Crippen molar-refractivity contribution in [1.29, 1.82) is 0 Å². The number of anilines is 1. The number of halogens is 1. The lowest BCUT2D eigenvalue weighted by molar-refractivity contribution is 0.584. The average molecular weight is 262 g/mol. The molecule has 94 valence electrons. The van der Waals surface area contributed by atoms with Crippen molar-refractivity contribution in [3.05, 3.63) is 34.9 Å². The fraction of sp³-hybridized carbons (Fsp3) is 0.357. The molecule has 1 N–H and O–H groups in total. The monoisotopic (exact) mass is 261 g/mol. The quantitative estimate of drug-likeness (QED) is 0.855. The average Bonchev–Trinajstić information content (AvgIpc) is 2.39. The van der Waals surface area contributed by atoms with E-state index < -0.39 is 0 Å². The first-order valence-corrected chi connectivity index (χ1v) is 6.64. The first-order chi connectivity index (χ1) is 8.74. The van der Waals surface area contributed by atoms with Crippen molar-refractivity contribution in [3.8, 4) is 0 Å². The van der Waals surface area contributed by atoms with Gasteiger partial charge < -0.3 is 10.2 Å². The number of hydrogen-bond donors (Lipinski definition) is 1. The molecule has 0 unspecified atom stereocenters. The summed E-state index contributed by atoms with van der Waals surface area (Å²) < 4.78 is 0. The van der Waals surface area contributed by atoms with Gasteiger partial charge in [-0.3, -0.25) is 0 Å². The third-order valence-electron chi connectivity index (χ3n) is 3.36. The van der Waals surface area contributed by atoms with Gasteiger partial charge in [0.15, 0.2) is 0 Å². The summed E-state index contributed by atoms with van der Waals surface area (Å²) >= 11 is 6.01. The van der Waals surface area contributed by atoms with Crippen LogP contribution in [0.15, 0.2) is 24.3 Å². The lowest BCUT2D eigenvalue weighted by atomic mass is 10.1. The minimum Gasteiger partial charge on any atom is -0.354 e. The van der Waals surface area contributed by atoms with Crippen LogP contribution in [0.4, 0.5) is 5.82 Å². The Balaban J connectivity index is 2.06. The molecule has 1 fully saturated rings. The second-order valence-corrected chi connectivity index (χ2v) is 5.14. The van der Waals surface area contributed by atoms with Gasteiger partial charge in [0.2, 0.25) is 0 Å². The molecule has 0 saturated carbocycles. The number of pyridine rings is 1. The molecule has 3 rings (SSSR count). The molecule has 4 heteroatoms. The van der Waals surface area contributed by atoms with Crippen molar-refractivity contribution >= 4 is 28.3 Å². The fourth-order valence-corrected chi connectivity index (χ4v) is 2.62. The first-order valence-electron chi connectivity index (χ1n) is 6.26. The molecule has 2 heterocycles. The summed E-state index contributed by atoms with van der Waals surface area (Å²) in [5.41, 5.74) is 2.23. The number of rotatable bonds is 1. The third kappa shape index (κ3) is 2.16. The zero-order valence-corrected chi connectivity index (χ0v) is 11.2. The summed E-state index contributed by atoms with van der Waals surface area (Å²) in [5, 5.41) is 5.23. The molecular formula is C14H16ClN3. The summed E-state index contributed by atoms with van der Waals surface area (Å²) in [5.74, 6) is 1.10. The fourth-order valence-electron chi connectivity index (χ4n) is 2.44. The van der Waals surface area contributed by atoms with Gasteiger partial charge >= 0.3 is 0 Å². The highest BCUT2D eigenvalue weighted by Gasteiger charge is 2.14. The Morgan fingerprint density at radius 1 is 1.22 bits per heavy atom. The molecule has 0 atom stereocenters. The maximum atomic E-state index is 6.01. The summed E-state index contributed by atoms with van der Waals surface area (Å²) in [4.78, 5) is 7.13. The standard InChI is InChI=1S/C14H16ClN3/c1-10-8-11-9-12(15)2-3-13(11)17-14(10)18-6-4-16-5-7-18/h2-3,8-9,16H,4-7H2,1H3. The normalized spacial score (nSPS) is 16.2. The van der Waals surface area contributed by atoms with E-state index in [2.05, 4.69) is 23.2 Å². The van der Waals surface area contributed by atoms with E-state index in [4.69, 9.17) is 16.6 Å². The molecule has 0 spiro atoms. The number of benzene rings is 1. The Kier molecular flexibility index (Phi) is 3.10. The van der Waals surface area contributed by atoms with E-state index >= 15 is 0 Å². The van der Waals surface area contributed by atoms with Crippen LogP contribution in [0.2, 0.25) is 5.02 Å². The smallest absolute Gasteiger partial charge is 0.132 e. The highest BCUT2D eigenvalue weighted by Crippen LogP contribution is 2.25. The number of aromatic nitrogens is 1. The summed E-state index contributed by atoms with van der Waals surface area (Å²) in [6.45, 7) is 6.21. The van der Waals surface area contributed by atoms with Crippen molar-refractivity contribution < 1.29 is 0 Å². The van der Waals surface area contributed by atoms with Crippen molar-refractivity contribution in [1.82, 2.24) is 10.3 Å². The van der Waals surface area contributed by atoms with Gasteiger partial charge in [0.05, 0.1) is 5.52 Å². The number of fused-ring (bicyclic) bond motifs is 1. The van der Waals surface area contributed by atoms with Crippen LogP contribution >= 0.6 is 11.6 Å². The maximum absolute atomic E-state index is 6.01. The van der Waals surface area contributed by atoms with Gasteiger partial charge in [0.25, 0.3) is 0 Å². The Morgan fingerprint density at radius 2 is 2.00 bits per heavy atom. The van der Waals surface area contributed by atoms with E-state index in [-0.39, 0.29) is 0 Å². The van der Waals surface area contributed by atoms with Crippen LogP contribution in [-0.2, 0) is 0 Å². The Hall–Kier alpha value is -1.32. The van der Waals surface area contributed by atoms with E-state index in [1.165, 1.54) is 5.56 Å². The predicted molar refractivity (Wildman–Crippen MR) is 76.6 cm³/mol. The number of nitrogens with one attached hydrogen (secondary N) is 1. The molecular weight excluding hydrogens is 246 g/mol. The van der Waals surface area contributed by atoms with Crippen molar-refractivity contribution in [3.63, 3.8) is 0 Å². The molecule has 0 amide bonds. The maximum Gasteiger partial charge on any atom is 0.132 e. The molecule has 2 aromatic rings. The molecule has 0 aliphatic carbocycles. The molecule has 1 aliphatic heterocycles. The molecule has 18 heavy (non-hydrogen) atoms. The first kappa shape index (κ1) is 11.8. The number of hydrogen-bond acceptors (Lipinski definition) is 3. The van der Waals surface area contributed by atoms with Crippen LogP contribution in [0.1, 0.15) is 5.56 Å². The minimum absolute atomic E-state index is 0.763. The Bertz CT molecular complexity index is 577. The van der Waals surface area contributed by atoms with Gasteiger partial charge in [-0.15, -0.1) is 0 Å². The largest absolute Gasteiger partial charge is 0.354 e. The van der Waals surface area contributed by atoms with Gasteiger partial charge in [0.1, 0.15) is 5.82 Å². The topological polar surface area (TPSA) is 28.2 Å². The molecule has 1 aromatic heterocycles. The van der Waals surface area contributed by atoms with Crippen LogP contribution < -0.4 is 10.2 Å². The van der Waals surface area contributed by atoms with Crippen molar-refractivity contribution in [2.75, 3.05) is 31.1 Å². The number of piperazine rings is 1. The summed E-state index contributed by atoms with van der Waals surface area (Å²) in [6, 6.07) is 8.03. The molecule has 3 nitrogen and oxygen atoms in total.